The highest BCUT2D eigenvalue weighted by Crippen LogP contribution is 2.54. The predicted octanol–water partition coefficient (Wildman–Crippen LogP) is 7.77. The molecule has 2 heteroatoms. The molecule has 1 aromatic rings. The van der Waals surface area contributed by atoms with Gasteiger partial charge in [0.2, 0.25) is 0 Å². The van der Waals surface area contributed by atoms with Crippen LogP contribution in [-0.2, 0) is 0 Å². The van der Waals surface area contributed by atoms with Crippen molar-refractivity contribution in [2.24, 2.45) is 29.6 Å². The van der Waals surface area contributed by atoms with Crippen molar-refractivity contribution >= 4 is 11.6 Å². The minimum atomic E-state index is -0.256. The van der Waals surface area contributed by atoms with Crippen LogP contribution in [0.25, 0.3) is 0 Å². The van der Waals surface area contributed by atoms with Crippen LogP contribution in [0.5, 0.6) is 0 Å². The van der Waals surface area contributed by atoms with Gasteiger partial charge in [0.1, 0.15) is 5.82 Å². The van der Waals surface area contributed by atoms with Crippen molar-refractivity contribution in [2.75, 3.05) is 0 Å². The number of fused-ring (bicyclic) bond motifs is 3. The van der Waals surface area contributed by atoms with E-state index in [0.717, 1.165) is 29.6 Å². The van der Waals surface area contributed by atoms with Crippen molar-refractivity contribution in [3.8, 4) is 0 Å². The summed E-state index contributed by atoms with van der Waals surface area (Å²) in [6, 6.07) is 5.47. The van der Waals surface area contributed by atoms with E-state index in [2.05, 4.69) is 19.1 Å². The van der Waals surface area contributed by atoms with Gasteiger partial charge in [0.05, 0.1) is 5.02 Å². The summed E-state index contributed by atoms with van der Waals surface area (Å²) in [4.78, 5) is 0. The van der Waals surface area contributed by atoms with Gasteiger partial charge in [-0.05, 0) is 111 Å². The Balaban J connectivity index is 1.41. The highest BCUT2D eigenvalue weighted by atomic mass is 35.5. The van der Waals surface area contributed by atoms with Gasteiger partial charge in [-0.25, -0.2) is 4.39 Å². The summed E-state index contributed by atoms with van der Waals surface area (Å²) in [5.74, 6) is 4.82. The van der Waals surface area contributed by atoms with Crippen LogP contribution in [0.15, 0.2) is 30.4 Å². The number of halogens is 2. The van der Waals surface area contributed by atoms with Crippen molar-refractivity contribution in [1.82, 2.24) is 0 Å². The third-order valence-corrected chi connectivity index (χ3v) is 7.95. The third kappa shape index (κ3) is 3.75. The maximum Gasteiger partial charge on any atom is 0.142 e. The Morgan fingerprint density at radius 3 is 2.46 bits per heavy atom. The standard InChI is InChI=1S/C24H32ClF/c1-2-3-4-16-5-10-21-19(13-16)6-7-20-14-17(8-11-22(20)21)18-9-12-23(25)24(26)15-18/h3-4,9,12,15-17,19-22H,2,5-8,10-11,13-14H2,1H3. The maximum atomic E-state index is 13.9. The zero-order valence-corrected chi connectivity index (χ0v) is 16.7. The summed E-state index contributed by atoms with van der Waals surface area (Å²) >= 11 is 5.87. The van der Waals surface area contributed by atoms with Crippen LogP contribution in [-0.4, -0.2) is 0 Å². The molecule has 0 aromatic heterocycles. The van der Waals surface area contributed by atoms with Crippen molar-refractivity contribution < 1.29 is 4.39 Å². The zero-order chi connectivity index (χ0) is 18.1. The van der Waals surface area contributed by atoms with Crippen molar-refractivity contribution in [1.29, 1.82) is 0 Å². The molecule has 0 radical (unpaired) electrons. The third-order valence-electron chi connectivity index (χ3n) is 7.64. The fraction of sp³-hybridized carbons (Fsp3) is 0.667. The monoisotopic (exact) mass is 374 g/mol. The number of benzene rings is 1. The fourth-order valence-electron chi connectivity index (χ4n) is 6.40. The average Bonchev–Trinajstić information content (AvgIpc) is 2.67. The number of hydrogen-bond donors (Lipinski definition) is 0. The van der Waals surface area contributed by atoms with Gasteiger partial charge in [-0.3, -0.25) is 0 Å². The lowest BCUT2D eigenvalue weighted by atomic mass is 9.55. The molecule has 0 aliphatic heterocycles. The van der Waals surface area contributed by atoms with Crippen molar-refractivity contribution in [3.63, 3.8) is 0 Å². The Hall–Kier alpha value is -0.820. The molecule has 0 bridgehead atoms. The quantitative estimate of drug-likeness (QED) is 0.474. The Labute approximate surface area is 163 Å². The molecule has 3 aliphatic carbocycles. The molecule has 6 atom stereocenters. The molecule has 3 aliphatic rings. The van der Waals surface area contributed by atoms with Gasteiger partial charge in [0, 0.05) is 0 Å². The maximum absolute atomic E-state index is 13.9. The van der Waals surface area contributed by atoms with Crippen LogP contribution in [0.4, 0.5) is 4.39 Å². The summed E-state index contributed by atoms with van der Waals surface area (Å²) in [7, 11) is 0. The van der Waals surface area contributed by atoms with E-state index in [0.29, 0.717) is 5.92 Å². The molecule has 0 heterocycles. The lowest BCUT2D eigenvalue weighted by Gasteiger charge is -2.50. The predicted molar refractivity (Wildman–Crippen MR) is 108 cm³/mol. The largest absolute Gasteiger partial charge is 0.205 e. The molecule has 1 aromatic carbocycles. The van der Waals surface area contributed by atoms with E-state index >= 15 is 0 Å². The van der Waals surface area contributed by atoms with Gasteiger partial charge < -0.3 is 0 Å². The second-order valence-electron chi connectivity index (χ2n) is 9.02. The highest BCUT2D eigenvalue weighted by molar-refractivity contribution is 6.30. The van der Waals surface area contributed by atoms with Crippen LogP contribution < -0.4 is 0 Å². The second kappa shape index (κ2) is 8.05. The van der Waals surface area contributed by atoms with E-state index in [4.69, 9.17) is 11.6 Å². The molecule has 0 nitrogen and oxygen atoms in total. The van der Waals surface area contributed by atoms with Gasteiger partial charge in [0.25, 0.3) is 0 Å². The Kier molecular flexibility index (Phi) is 5.74. The number of allylic oxidation sites excluding steroid dienone is 2. The summed E-state index contributed by atoms with van der Waals surface area (Å²) in [5.41, 5.74) is 1.17. The van der Waals surface area contributed by atoms with Crippen LogP contribution in [0.3, 0.4) is 0 Å². The Morgan fingerprint density at radius 2 is 1.73 bits per heavy atom. The van der Waals surface area contributed by atoms with Gasteiger partial charge in [0.15, 0.2) is 0 Å². The molecule has 0 spiro atoms. The average molecular weight is 375 g/mol. The molecule has 4 rings (SSSR count). The van der Waals surface area contributed by atoms with Gasteiger partial charge >= 0.3 is 0 Å². The molecular formula is C24H32ClF. The molecule has 0 N–H and O–H groups in total. The van der Waals surface area contributed by atoms with E-state index < -0.39 is 0 Å². The lowest BCUT2D eigenvalue weighted by molar-refractivity contribution is 0.0127. The van der Waals surface area contributed by atoms with Gasteiger partial charge in [-0.15, -0.1) is 0 Å². The van der Waals surface area contributed by atoms with E-state index in [1.165, 1.54) is 63.4 Å². The first-order chi connectivity index (χ1) is 12.7. The second-order valence-corrected chi connectivity index (χ2v) is 9.43. The lowest BCUT2D eigenvalue weighted by Crippen LogP contribution is -2.41. The topological polar surface area (TPSA) is 0 Å². The van der Waals surface area contributed by atoms with Crippen LogP contribution in [0, 0.1) is 35.4 Å². The number of hydrogen-bond acceptors (Lipinski definition) is 0. The minimum absolute atomic E-state index is 0.247. The van der Waals surface area contributed by atoms with E-state index in [9.17, 15) is 4.39 Å². The summed E-state index contributed by atoms with van der Waals surface area (Å²) in [5, 5.41) is 0.247. The Bertz CT molecular complexity index is 652. The van der Waals surface area contributed by atoms with Crippen LogP contribution in [0.1, 0.15) is 76.2 Å². The molecule has 6 unspecified atom stereocenters. The first kappa shape index (κ1) is 18.5. The van der Waals surface area contributed by atoms with Gasteiger partial charge in [-0.2, -0.15) is 0 Å². The highest BCUT2D eigenvalue weighted by Gasteiger charge is 2.44. The van der Waals surface area contributed by atoms with E-state index in [-0.39, 0.29) is 10.8 Å². The molecular weight excluding hydrogens is 343 g/mol. The smallest absolute Gasteiger partial charge is 0.142 e. The molecule has 26 heavy (non-hydrogen) atoms. The minimum Gasteiger partial charge on any atom is -0.205 e. The van der Waals surface area contributed by atoms with Crippen LogP contribution in [0.2, 0.25) is 5.02 Å². The Morgan fingerprint density at radius 1 is 1.00 bits per heavy atom. The van der Waals surface area contributed by atoms with E-state index in [1.807, 2.05) is 6.07 Å². The van der Waals surface area contributed by atoms with Gasteiger partial charge in [-0.1, -0.05) is 36.7 Å². The summed E-state index contributed by atoms with van der Waals surface area (Å²) in [6.45, 7) is 2.23. The summed E-state index contributed by atoms with van der Waals surface area (Å²) in [6.07, 6.45) is 16.9. The van der Waals surface area contributed by atoms with Crippen LogP contribution >= 0.6 is 11.6 Å². The van der Waals surface area contributed by atoms with Crippen molar-refractivity contribution in [3.05, 3.63) is 46.8 Å². The first-order valence-electron chi connectivity index (χ1n) is 10.8. The first-order valence-corrected chi connectivity index (χ1v) is 11.1. The molecule has 0 saturated heterocycles. The summed E-state index contributed by atoms with van der Waals surface area (Å²) < 4.78 is 13.9. The molecule has 3 fully saturated rings. The SMILES string of the molecule is CCC=CC1CCC2C(CCC3CC(c4ccc(Cl)c(F)c4)CCC32)C1. The zero-order valence-electron chi connectivity index (χ0n) is 16.0. The fourth-order valence-corrected chi connectivity index (χ4v) is 6.52. The molecule has 0 amide bonds. The van der Waals surface area contributed by atoms with E-state index in [1.54, 1.807) is 12.1 Å². The number of rotatable bonds is 3. The molecule has 142 valence electrons. The normalized spacial score (nSPS) is 37.3. The van der Waals surface area contributed by atoms with Crippen molar-refractivity contribution in [2.45, 2.75) is 70.6 Å². The molecule has 3 saturated carbocycles.